The highest BCUT2D eigenvalue weighted by molar-refractivity contribution is 5.91. The van der Waals surface area contributed by atoms with Gasteiger partial charge in [0.25, 0.3) is 0 Å². The predicted octanol–water partition coefficient (Wildman–Crippen LogP) is 6.26. The highest BCUT2D eigenvalue weighted by Crippen LogP contribution is 2.34. The lowest BCUT2D eigenvalue weighted by Crippen LogP contribution is -2.12. The molecule has 0 radical (unpaired) electrons. The van der Waals surface area contributed by atoms with E-state index >= 15 is 0 Å². The van der Waals surface area contributed by atoms with Crippen molar-refractivity contribution < 1.29 is 0 Å². The van der Waals surface area contributed by atoms with E-state index in [2.05, 4.69) is 85.3 Å². The van der Waals surface area contributed by atoms with Crippen LogP contribution in [-0.4, -0.2) is 9.97 Å². The average molecular weight is 338 g/mol. The number of rotatable bonds is 2. The van der Waals surface area contributed by atoms with Crippen LogP contribution in [0.4, 0.5) is 0 Å². The van der Waals surface area contributed by atoms with E-state index in [1.165, 1.54) is 16.3 Å². The van der Waals surface area contributed by atoms with Crippen molar-refractivity contribution in [3.63, 3.8) is 0 Å². The van der Waals surface area contributed by atoms with Gasteiger partial charge in [0, 0.05) is 11.1 Å². The van der Waals surface area contributed by atoms with Crippen molar-refractivity contribution in [3.8, 4) is 22.5 Å². The molecule has 1 heterocycles. The van der Waals surface area contributed by atoms with E-state index in [1.807, 2.05) is 18.2 Å². The van der Waals surface area contributed by atoms with E-state index in [9.17, 15) is 0 Å². The number of aromatic nitrogens is 2. The van der Waals surface area contributed by atoms with Gasteiger partial charge in [0.15, 0.2) is 0 Å². The second-order valence-electron chi connectivity index (χ2n) is 7.65. The minimum Gasteiger partial charge on any atom is -0.236 e. The van der Waals surface area contributed by atoms with E-state index in [0.717, 1.165) is 22.5 Å². The largest absolute Gasteiger partial charge is 0.236 e. The Bertz CT molecular complexity index is 1060. The minimum absolute atomic E-state index is 0.0604. The zero-order valence-corrected chi connectivity index (χ0v) is 15.4. The van der Waals surface area contributed by atoms with Crippen LogP contribution >= 0.6 is 0 Å². The van der Waals surface area contributed by atoms with Gasteiger partial charge in [-0.2, -0.15) is 0 Å². The van der Waals surface area contributed by atoms with Crippen LogP contribution in [0.15, 0.2) is 79.1 Å². The molecule has 1 aromatic heterocycles. The molecular weight excluding hydrogens is 316 g/mol. The Morgan fingerprint density at radius 3 is 2.04 bits per heavy atom. The molecule has 0 spiro atoms. The molecule has 0 aliphatic rings. The van der Waals surface area contributed by atoms with E-state index < -0.39 is 0 Å². The summed E-state index contributed by atoms with van der Waals surface area (Å²) >= 11 is 0. The smallest absolute Gasteiger partial charge is 0.116 e. The summed E-state index contributed by atoms with van der Waals surface area (Å²) in [7, 11) is 0. The van der Waals surface area contributed by atoms with Gasteiger partial charge < -0.3 is 0 Å². The third-order valence-electron chi connectivity index (χ3n) is 4.70. The maximum Gasteiger partial charge on any atom is 0.116 e. The van der Waals surface area contributed by atoms with Crippen molar-refractivity contribution in [3.05, 3.63) is 84.7 Å². The van der Waals surface area contributed by atoms with E-state index in [1.54, 1.807) is 6.33 Å². The van der Waals surface area contributed by atoms with Gasteiger partial charge in [-0.25, -0.2) is 9.97 Å². The second kappa shape index (κ2) is 6.38. The summed E-state index contributed by atoms with van der Waals surface area (Å²) < 4.78 is 0. The van der Waals surface area contributed by atoms with Gasteiger partial charge in [0.2, 0.25) is 0 Å². The van der Waals surface area contributed by atoms with E-state index in [0.29, 0.717) is 0 Å². The minimum atomic E-state index is 0.0604. The summed E-state index contributed by atoms with van der Waals surface area (Å²) in [6.07, 6.45) is 1.66. The third kappa shape index (κ3) is 3.11. The van der Waals surface area contributed by atoms with Gasteiger partial charge in [-0.1, -0.05) is 75.4 Å². The molecule has 0 saturated heterocycles. The summed E-state index contributed by atoms with van der Waals surface area (Å²) in [4.78, 5) is 9.01. The van der Waals surface area contributed by atoms with E-state index in [4.69, 9.17) is 0 Å². The van der Waals surface area contributed by atoms with Crippen LogP contribution in [0.5, 0.6) is 0 Å². The first-order chi connectivity index (χ1) is 12.5. The van der Waals surface area contributed by atoms with Gasteiger partial charge in [-0.15, -0.1) is 0 Å². The number of nitrogens with zero attached hydrogens (tertiary/aromatic N) is 2. The van der Waals surface area contributed by atoms with Crippen LogP contribution in [0.2, 0.25) is 0 Å². The maximum atomic E-state index is 4.55. The number of hydrogen-bond acceptors (Lipinski definition) is 2. The summed E-state index contributed by atoms with van der Waals surface area (Å²) in [6, 6.07) is 25.4. The van der Waals surface area contributed by atoms with Crippen LogP contribution in [0.3, 0.4) is 0 Å². The average Bonchev–Trinajstić information content (AvgIpc) is 2.67. The van der Waals surface area contributed by atoms with Crippen LogP contribution < -0.4 is 0 Å². The fraction of sp³-hybridized carbons (Fsp3) is 0.167. The first kappa shape index (κ1) is 16.5. The van der Waals surface area contributed by atoms with Crippen molar-refractivity contribution >= 4 is 10.8 Å². The molecule has 2 nitrogen and oxygen atoms in total. The first-order valence-corrected chi connectivity index (χ1v) is 8.93. The van der Waals surface area contributed by atoms with Crippen molar-refractivity contribution in [2.24, 2.45) is 0 Å². The predicted molar refractivity (Wildman–Crippen MR) is 109 cm³/mol. The van der Waals surface area contributed by atoms with Crippen molar-refractivity contribution in [2.75, 3.05) is 0 Å². The van der Waals surface area contributed by atoms with Crippen molar-refractivity contribution in [1.82, 2.24) is 9.97 Å². The zero-order chi connectivity index (χ0) is 18.1. The summed E-state index contributed by atoms with van der Waals surface area (Å²) in [6.45, 7) is 6.77. The molecule has 0 aliphatic heterocycles. The Balaban J connectivity index is 1.90. The lowest BCUT2D eigenvalue weighted by molar-refractivity contribution is 0.596. The molecule has 0 N–H and O–H groups in total. The Labute approximate surface area is 154 Å². The molecule has 0 amide bonds. The van der Waals surface area contributed by atoms with Gasteiger partial charge in [-0.3, -0.25) is 0 Å². The molecule has 3 aromatic carbocycles. The number of fused-ring (bicyclic) bond motifs is 1. The van der Waals surface area contributed by atoms with Crippen LogP contribution in [0, 0.1) is 0 Å². The second-order valence-corrected chi connectivity index (χ2v) is 7.65. The molecule has 0 saturated carbocycles. The Morgan fingerprint density at radius 2 is 1.31 bits per heavy atom. The fourth-order valence-corrected chi connectivity index (χ4v) is 3.36. The standard InChI is InChI=1S/C24H22N2/c1-24(2,3)21-14-19(13-18-11-7-8-12-20(18)21)23-15-22(25-16-26-23)17-9-5-4-6-10-17/h4-16H,1-3H3. The molecule has 128 valence electrons. The van der Waals surface area contributed by atoms with Gasteiger partial charge in [-0.05, 0) is 39.9 Å². The van der Waals surface area contributed by atoms with Crippen LogP contribution in [0.25, 0.3) is 33.3 Å². The Morgan fingerprint density at radius 1 is 0.654 bits per heavy atom. The molecule has 4 rings (SSSR count). The fourth-order valence-electron chi connectivity index (χ4n) is 3.36. The van der Waals surface area contributed by atoms with Crippen molar-refractivity contribution in [1.29, 1.82) is 0 Å². The molecule has 0 unspecified atom stereocenters. The number of hydrogen-bond donors (Lipinski definition) is 0. The molecule has 0 fully saturated rings. The topological polar surface area (TPSA) is 25.8 Å². The Kier molecular flexibility index (Phi) is 4.04. The van der Waals surface area contributed by atoms with Gasteiger partial charge >= 0.3 is 0 Å². The molecule has 0 bridgehead atoms. The maximum absolute atomic E-state index is 4.55. The third-order valence-corrected chi connectivity index (χ3v) is 4.70. The van der Waals surface area contributed by atoms with E-state index in [-0.39, 0.29) is 5.41 Å². The quantitative estimate of drug-likeness (QED) is 0.431. The highest BCUT2D eigenvalue weighted by atomic mass is 14.8. The van der Waals surface area contributed by atoms with Gasteiger partial charge in [0.05, 0.1) is 11.4 Å². The monoisotopic (exact) mass is 338 g/mol. The number of benzene rings is 3. The lowest BCUT2D eigenvalue weighted by Gasteiger charge is -2.22. The summed E-state index contributed by atoms with van der Waals surface area (Å²) in [5, 5.41) is 2.55. The normalized spacial score (nSPS) is 11.7. The Hall–Kier alpha value is -3.00. The molecule has 0 aliphatic carbocycles. The molecule has 2 heteroatoms. The summed E-state index contributed by atoms with van der Waals surface area (Å²) in [5.41, 5.74) is 5.54. The molecule has 4 aromatic rings. The summed E-state index contributed by atoms with van der Waals surface area (Å²) in [5.74, 6) is 0. The SMILES string of the molecule is CC(C)(C)c1cc(-c2cc(-c3ccccc3)ncn2)cc2ccccc12. The van der Waals surface area contributed by atoms with Gasteiger partial charge in [0.1, 0.15) is 6.33 Å². The molecule has 26 heavy (non-hydrogen) atoms. The first-order valence-electron chi connectivity index (χ1n) is 8.93. The zero-order valence-electron chi connectivity index (χ0n) is 15.4. The van der Waals surface area contributed by atoms with Crippen LogP contribution in [-0.2, 0) is 5.41 Å². The molecular formula is C24H22N2. The van der Waals surface area contributed by atoms with Crippen LogP contribution in [0.1, 0.15) is 26.3 Å². The molecule has 0 atom stereocenters. The van der Waals surface area contributed by atoms with Crippen molar-refractivity contribution in [2.45, 2.75) is 26.2 Å². The lowest BCUT2D eigenvalue weighted by atomic mass is 9.82. The highest BCUT2D eigenvalue weighted by Gasteiger charge is 2.18.